The lowest BCUT2D eigenvalue weighted by Gasteiger charge is -2.35. The second kappa shape index (κ2) is 8.16. The molecule has 0 saturated carbocycles. The van der Waals surface area contributed by atoms with Crippen molar-refractivity contribution in [1.82, 2.24) is 25.1 Å². The average molecular weight is 378 g/mol. The fraction of sp³-hybridized carbons (Fsp3) is 0.350. The van der Waals surface area contributed by atoms with E-state index in [0.717, 1.165) is 24.5 Å². The van der Waals surface area contributed by atoms with Gasteiger partial charge in [-0.2, -0.15) is 0 Å². The summed E-state index contributed by atoms with van der Waals surface area (Å²) in [6.45, 7) is 4.88. The molecule has 8 nitrogen and oxygen atoms in total. The Morgan fingerprint density at radius 2 is 1.86 bits per heavy atom. The van der Waals surface area contributed by atoms with Crippen LogP contribution in [0.2, 0.25) is 0 Å². The van der Waals surface area contributed by atoms with E-state index in [1.54, 1.807) is 18.6 Å². The second-order valence-electron chi connectivity index (χ2n) is 6.80. The zero-order valence-electron chi connectivity index (χ0n) is 15.8. The number of rotatable bonds is 5. The average Bonchev–Trinajstić information content (AvgIpc) is 3.22. The predicted molar refractivity (Wildman–Crippen MR) is 104 cm³/mol. The molecule has 4 rings (SSSR count). The van der Waals surface area contributed by atoms with Gasteiger partial charge < -0.3 is 14.2 Å². The van der Waals surface area contributed by atoms with E-state index < -0.39 is 0 Å². The molecule has 3 aromatic rings. The summed E-state index contributed by atoms with van der Waals surface area (Å²) < 4.78 is 5.71. The molecule has 1 amide bonds. The second-order valence-corrected chi connectivity index (χ2v) is 6.80. The van der Waals surface area contributed by atoms with Gasteiger partial charge in [-0.25, -0.2) is 4.98 Å². The number of amides is 1. The Labute approximate surface area is 163 Å². The van der Waals surface area contributed by atoms with Crippen molar-refractivity contribution >= 4 is 11.7 Å². The molecule has 144 valence electrons. The molecule has 0 spiro atoms. The van der Waals surface area contributed by atoms with Crippen LogP contribution in [-0.4, -0.2) is 57.2 Å². The minimum atomic E-state index is 0.105. The monoisotopic (exact) mass is 378 g/mol. The molecule has 0 radical (unpaired) electrons. The zero-order valence-corrected chi connectivity index (χ0v) is 15.8. The number of hydrogen-bond acceptors (Lipinski definition) is 7. The summed E-state index contributed by atoms with van der Waals surface area (Å²) in [7, 11) is 0. The highest BCUT2D eigenvalue weighted by molar-refractivity contribution is 5.76. The van der Waals surface area contributed by atoms with E-state index >= 15 is 0 Å². The topological polar surface area (TPSA) is 88.3 Å². The molecule has 1 aromatic carbocycles. The first-order valence-corrected chi connectivity index (χ1v) is 9.37. The Morgan fingerprint density at radius 1 is 1.07 bits per heavy atom. The van der Waals surface area contributed by atoms with Gasteiger partial charge >= 0.3 is 0 Å². The molecule has 28 heavy (non-hydrogen) atoms. The van der Waals surface area contributed by atoms with Crippen molar-refractivity contribution in [3.05, 3.63) is 54.3 Å². The molecule has 1 aliphatic rings. The van der Waals surface area contributed by atoms with E-state index in [1.165, 1.54) is 5.56 Å². The van der Waals surface area contributed by atoms with Crippen molar-refractivity contribution in [1.29, 1.82) is 0 Å². The minimum absolute atomic E-state index is 0.105. The van der Waals surface area contributed by atoms with Crippen molar-refractivity contribution < 1.29 is 9.21 Å². The highest BCUT2D eigenvalue weighted by Crippen LogP contribution is 2.19. The number of piperazine rings is 1. The summed E-state index contributed by atoms with van der Waals surface area (Å²) in [6.07, 6.45) is 5.90. The summed E-state index contributed by atoms with van der Waals surface area (Å²) in [6, 6.07) is 7.91. The van der Waals surface area contributed by atoms with Gasteiger partial charge in [0.2, 0.25) is 17.7 Å². The van der Waals surface area contributed by atoms with Gasteiger partial charge in [-0.3, -0.25) is 9.78 Å². The molecule has 0 N–H and O–H groups in total. The molecular weight excluding hydrogens is 356 g/mol. The molecule has 0 unspecified atom stereocenters. The van der Waals surface area contributed by atoms with Crippen LogP contribution in [0.1, 0.15) is 17.9 Å². The smallest absolute Gasteiger partial charge is 0.247 e. The lowest BCUT2D eigenvalue weighted by atomic mass is 10.1. The number of carbonyl (C=O) groups is 1. The van der Waals surface area contributed by atoms with Gasteiger partial charge in [0.05, 0.1) is 6.20 Å². The van der Waals surface area contributed by atoms with E-state index in [2.05, 4.69) is 25.1 Å². The molecule has 1 aliphatic heterocycles. The third kappa shape index (κ3) is 4.16. The third-order valence-electron chi connectivity index (χ3n) is 4.82. The molecule has 1 fully saturated rings. The van der Waals surface area contributed by atoms with Gasteiger partial charge in [-0.05, 0) is 19.1 Å². The van der Waals surface area contributed by atoms with Crippen LogP contribution in [0.15, 0.2) is 47.3 Å². The summed E-state index contributed by atoms with van der Waals surface area (Å²) in [5, 5.41) is 8.16. The maximum atomic E-state index is 12.5. The van der Waals surface area contributed by atoms with Gasteiger partial charge in [0.25, 0.3) is 0 Å². The standard InChI is InChI=1S/C20H22N6O2/c1-15-2-4-16(5-3-15)20-24-23-18(28-20)6-7-19(27)26-12-10-25(11-13-26)17-14-21-8-9-22-17/h2-5,8-9,14H,6-7,10-13H2,1H3. The molecule has 0 aliphatic carbocycles. The van der Waals surface area contributed by atoms with Crippen LogP contribution < -0.4 is 4.90 Å². The molecule has 8 heteroatoms. The van der Waals surface area contributed by atoms with Crippen molar-refractivity contribution in [2.24, 2.45) is 0 Å². The molecule has 1 saturated heterocycles. The van der Waals surface area contributed by atoms with Gasteiger partial charge in [0.1, 0.15) is 5.82 Å². The maximum absolute atomic E-state index is 12.5. The van der Waals surface area contributed by atoms with Crippen LogP contribution in [0.25, 0.3) is 11.5 Å². The SMILES string of the molecule is Cc1ccc(-c2nnc(CCC(=O)N3CCN(c4cnccn4)CC3)o2)cc1. The summed E-state index contributed by atoms with van der Waals surface area (Å²) >= 11 is 0. The Morgan fingerprint density at radius 3 is 2.57 bits per heavy atom. The van der Waals surface area contributed by atoms with Crippen LogP contribution in [0.3, 0.4) is 0 Å². The lowest BCUT2D eigenvalue weighted by molar-refractivity contribution is -0.131. The summed E-state index contributed by atoms with van der Waals surface area (Å²) in [5.41, 5.74) is 2.06. The zero-order chi connectivity index (χ0) is 19.3. The molecule has 2 aromatic heterocycles. The summed E-state index contributed by atoms with van der Waals surface area (Å²) in [5.74, 6) is 1.93. The van der Waals surface area contributed by atoms with Crippen LogP contribution in [0.4, 0.5) is 5.82 Å². The van der Waals surface area contributed by atoms with E-state index in [4.69, 9.17) is 4.42 Å². The van der Waals surface area contributed by atoms with Crippen molar-refractivity contribution in [2.45, 2.75) is 19.8 Å². The van der Waals surface area contributed by atoms with Crippen LogP contribution in [0.5, 0.6) is 0 Å². The number of carbonyl (C=O) groups excluding carboxylic acids is 1. The first-order valence-electron chi connectivity index (χ1n) is 9.37. The van der Waals surface area contributed by atoms with E-state index in [-0.39, 0.29) is 5.91 Å². The Hall–Kier alpha value is -3.29. The number of hydrogen-bond donors (Lipinski definition) is 0. The first-order chi connectivity index (χ1) is 13.7. The Balaban J connectivity index is 1.28. The number of aryl methyl sites for hydroxylation is 2. The quantitative estimate of drug-likeness (QED) is 0.672. The van der Waals surface area contributed by atoms with Gasteiger partial charge in [-0.1, -0.05) is 17.7 Å². The minimum Gasteiger partial charge on any atom is -0.421 e. The lowest BCUT2D eigenvalue weighted by Crippen LogP contribution is -2.49. The van der Waals surface area contributed by atoms with Crippen molar-refractivity contribution in [3.63, 3.8) is 0 Å². The molecule has 0 bridgehead atoms. The highest BCUT2D eigenvalue weighted by atomic mass is 16.4. The fourth-order valence-corrected chi connectivity index (χ4v) is 3.18. The predicted octanol–water partition coefficient (Wildman–Crippen LogP) is 2.12. The molecule has 0 atom stereocenters. The first kappa shape index (κ1) is 18.1. The van der Waals surface area contributed by atoms with E-state index in [0.29, 0.717) is 37.7 Å². The van der Waals surface area contributed by atoms with Gasteiger partial charge in [-0.15, -0.1) is 10.2 Å². The van der Waals surface area contributed by atoms with Crippen LogP contribution >= 0.6 is 0 Å². The number of anilines is 1. The van der Waals surface area contributed by atoms with Gasteiger partial charge in [0, 0.05) is 57.0 Å². The number of nitrogens with zero attached hydrogens (tertiary/aromatic N) is 6. The maximum Gasteiger partial charge on any atom is 0.247 e. The number of aromatic nitrogens is 4. The Bertz CT molecular complexity index is 917. The van der Waals surface area contributed by atoms with Gasteiger partial charge in [0.15, 0.2) is 0 Å². The third-order valence-corrected chi connectivity index (χ3v) is 4.82. The molecule has 3 heterocycles. The highest BCUT2D eigenvalue weighted by Gasteiger charge is 2.22. The number of benzene rings is 1. The van der Waals surface area contributed by atoms with E-state index in [1.807, 2.05) is 36.1 Å². The van der Waals surface area contributed by atoms with Crippen LogP contribution in [-0.2, 0) is 11.2 Å². The largest absolute Gasteiger partial charge is 0.421 e. The van der Waals surface area contributed by atoms with Crippen LogP contribution in [0, 0.1) is 6.92 Å². The normalized spacial score (nSPS) is 14.3. The van der Waals surface area contributed by atoms with Crippen molar-refractivity contribution in [2.75, 3.05) is 31.1 Å². The summed E-state index contributed by atoms with van der Waals surface area (Å²) in [4.78, 5) is 24.9. The molecular formula is C20H22N6O2. The Kier molecular flexibility index (Phi) is 5.27. The van der Waals surface area contributed by atoms with E-state index in [9.17, 15) is 4.79 Å². The van der Waals surface area contributed by atoms with Crippen molar-refractivity contribution in [3.8, 4) is 11.5 Å². The fourth-order valence-electron chi connectivity index (χ4n) is 3.18.